The Hall–Kier alpha value is -5.24. The number of amides is 1. The van der Waals surface area contributed by atoms with Crippen LogP contribution in [0.1, 0.15) is 46.0 Å². The van der Waals surface area contributed by atoms with Crippen LogP contribution in [0, 0.1) is 5.82 Å². The van der Waals surface area contributed by atoms with Crippen molar-refractivity contribution in [3.8, 4) is 17.2 Å². The average molecular weight is 565 g/mol. The number of hydrogen-bond acceptors (Lipinski definition) is 6. The number of fused-ring (bicyclic) bond motifs is 1. The molecule has 4 aromatic rings. The fraction of sp³-hybridized carbons (Fsp3) is 0.147. The van der Waals surface area contributed by atoms with Crippen molar-refractivity contribution >= 4 is 29.1 Å². The monoisotopic (exact) mass is 564 g/mol. The molecule has 1 heterocycles. The molecule has 1 aliphatic carbocycles. The zero-order chi connectivity index (χ0) is 29.6. The third-order valence-electron chi connectivity index (χ3n) is 7.00. The molecule has 5 rings (SSSR count). The van der Waals surface area contributed by atoms with E-state index in [1.807, 2.05) is 31.2 Å². The maximum Gasteiger partial charge on any atom is 0.343 e. The van der Waals surface area contributed by atoms with Crippen LogP contribution in [-0.2, 0) is 11.3 Å². The zero-order valence-electron chi connectivity index (χ0n) is 23.4. The predicted octanol–water partition coefficient (Wildman–Crippen LogP) is 6.49. The summed E-state index contributed by atoms with van der Waals surface area (Å²) in [5.41, 5.74) is 5.88. The number of esters is 1. The van der Waals surface area contributed by atoms with Crippen molar-refractivity contribution in [2.75, 3.05) is 14.2 Å². The van der Waals surface area contributed by atoms with Gasteiger partial charge in [0.05, 0.1) is 26.2 Å². The largest absolute Gasteiger partial charge is 0.493 e. The van der Waals surface area contributed by atoms with E-state index in [4.69, 9.17) is 14.2 Å². The summed E-state index contributed by atoms with van der Waals surface area (Å²) in [5.74, 6) is -0.348. The molecule has 0 saturated carbocycles. The summed E-state index contributed by atoms with van der Waals surface area (Å²) in [4.78, 5) is 29.7. The summed E-state index contributed by atoms with van der Waals surface area (Å²) in [6.45, 7) is 2.26. The quantitative estimate of drug-likeness (QED) is 0.185. The maximum atomic E-state index is 14.4. The number of halogens is 1. The lowest BCUT2D eigenvalue weighted by Gasteiger charge is -2.15. The molecule has 0 aliphatic heterocycles. The van der Waals surface area contributed by atoms with E-state index < -0.39 is 5.97 Å². The second kappa shape index (κ2) is 12.5. The fourth-order valence-electron chi connectivity index (χ4n) is 4.88. The van der Waals surface area contributed by atoms with E-state index in [0.717, 1.165) is 27.8 Å². The number of rotatable bonds is 9. The molecule has 0 saturated heterocycles. The lowest BCUT2D eigenvalue weighted by Crippen LogP contribution is -2.22. The van der Waals surface area contributed by atoms with Gasteiger partial charge in [0.15, 0.2) is 11.5 Å². The van der Waals surface area contributed by atoms with E-state index in [2.05, 4.69) is 10.3 Å². The Morgan fingerprint density at radius 3 is 2.33 bits per heavy atom. The summed E-state index contributed by atoms with van der Waals surface area (Å²) in [7, 11) is 2.96. The van der Waals surface area contributed by atoms with Crippen molar-refractivity contribution in [1.29, 1.82) is 0 Å². The number of methoxy groups -OCH3 is 2. The number of nitrogens with zero attached hydrogens (tertiary/aromatic N) is 1. The van der Waals surface area contributed by atoms with Gasteiger partial charge >= 0.3 is 5.97 Å². The third-order valence-corrected chi connectivity index (χ3v) is 7.00. The number of benzene rings is 3. The zero-order valence-corrected chi connectivity index (χ0v) is 23.4. The first-order chi connectivity index (χ1) is 20.4. The van der Waals surface area contributed by atoms with Crippen molar-refractivity contribution in [3.05, 3.63) is 124 Å². The molecular weight excluding hydrogens is 535 g/mol. The fourth-order valence-corrected chi connectivity index (χ4v) is 4.88. The highest BCUT2D eigenvalue weighted by atomic mass is 19.1. The third kappa shape index (κ3) is 6.07. The smallest absolute Gasteiger partial charge is 0.343 e. The van der Waals surface area contributed by atoms with Gasteiger partial charge < -0.3 is 19.5 Å². The number of ether oxygens (including phenoxy) is 3. The Kier molecular flexibility index (Phi) is 8.43. The van der Waals surface area contributed by atoms with E-state index in [1.165, 1.54) is 26.4 Å². The number of carbonyl (C=O) groups excluding carboxylic acids is 2. The predicted molar refractivity (Wildman–Crippen MR) is 159 cm³/mol. The molecular formula is C34H29FN2O5. The van der Waals surface area contributed by atoms with Crippen LogP contribution in [0.25, 0.3) is 17.2 Å². The van der Waals surface area contributed by atoms with Gasteiger partial charge in [0.25, 0.3) is 0 Å². The van der Waals surface area contributed by atoms with Gasteiger partial charge in [-0.2, -0.15) is 0 Å². The second-order valence-corrected chi connectivity index (χ2v) is 9.68. The molecule has 0 radical (unpaired) electrons. The van der Waals surface area contributed by atoms with Gasteiger partial charge in [-0.3, -0.25) is 9.78 Å². The molecule has 0 atom stereocenters. The Balaban J connectivity index is 1.47. The number of allylic oxidation sites excluding steroid dienone is 2. The molecule has 0 fully saturated rings. The average Bonchev–Trinajstić information content (AvgIpc) is 3.26. The van der Waals surface area contributed by atoms with Crippen LogP contribution in [-0.4, -0.2) is 31.1 Å². The normalized spacial score (nSPS) is 13.1. The summed E-state index contributed by atoms with van der Waals surface area (Å²) in [6, 6.07) is 20.4. The number of carbonyl (C=O) groups is 2. The van der Waals surface area contributed by atoms with Crippen LogP contribution in [0.3, 0.4) is 0 Å². The van der Waals surface area contributed by atoms with E-state index >= 15 is 0 Å². The van der Waals surface area contributed by atoms with Gasteiger partial charge in [0.1, 0.15) is 5.82 Å². The minimum absolute atomic E-state index is 0.0842. The Labute approximate surface area is 243 Å². The Morgan fingerprint density at radius 1 is 0.929 bits per heavy atom. The summed E-state index contributed by atoms with van der Waals surface area (Å²) >= 11 is 0. The number of aromatic nitrogens is 1. The van der Waals surface area contributed by atoms with E-state index in [0.29, 0.717) is 34.7 Å². The molecule has 7 nitrogen and oxygen atoms in total. The van der Waals surface area contributed by atoms with E-state index in [9.17, 15) is 14.0 Å². The van der Waals surface area contributed by atoms with Gasteiger partial charge in [-0.05, 0) is 94.4 Å². The molecule has 1 aromatic heterocycles. The van der Waals surface area contributed by atoms with Crippen LogP contribution in [0.4, 0.5) is 4.39 Å². The van der Waals surface area contributed by atoms with Crippen molar-refractivity contribution < 1.29 is 28.2 Å². The minimum atomic E-state index is -0.546. The van der Waals surface area contributed by atoms with Crippen molar-refractivity contribution in [2.24, 2.45) is 0 Å². The number of nitrogens with one attached hydrogen (secondary N) is 1. The molecule has 1 aliphatic rings. The lowest BCUT2D eigenvalue weighted by atomic mass is 10.00. The second-order valence-electron chi connectivity index (χ2n) is 9.68. The van der Waals surface area contributed by atoms with Gasteiger partial charge in [-0.15, -0.1) is 0 Å². The van der Waals surface area contributed by atoms with Crippen LogP contribution in [0.2, 0.25) is 0 Å². The van der Waals surface area contributed by atoms with Crippen molar-refractivity contribution in [3.63, 3.8) is 0 Å². The number of hydrogen-bond donors (Lipinski definition) is 1. The summed E-state index contributed by atoms with van der Waals surface area (Å²) in [6.07, 6.45) is 5.37. The topological polar surface area (TPSA) is 86.8 Å². The lowest BCUT2D eigenvalue weighted by molar-refractivity contribution is -0.120. The molecule has 3 aromatic carbocycles. The Morgan fingerprint density at radius 2 is 1.67 bits per heavy atom. The van der Waals surface area contributed by atoms with Gasteiger partial charge in [-0.25, -0.2) is 9.18 Å². The summed E-state index contributed by atoms with van der Waals surface area (Å²) in [5, 5.41) is 2.92. The van der Waals surface area contributed by atoms with Crippen LogP contribution >= 0.6 is 0 Å². The summed E-state index contributed by atoms with van der Waals surface area (Å²) < 4.78 is 31.2. The maximum absolute atomic E-state index is 14.4. The first-order valence-corrected chi connectivity index (χ1v) is 13.3. The molecule has 0 bridgehead atoms. The first-order valence-electron chi connectivity index (χ1n) is 13.3. The minimum Gasteiger partial charge on any atom is -0.493 e. The molecule has 212 valence electrons. The SMILES string of the molecule is COc1cc(/C=C2/C(C)=C(CC(=O)NCc3cccnc3)c3cc(F)ccc32)cc(OC)c1OC(=O)c1ccccc1. The highest BCUT2D eigenvalue weighted by molar-refractivity contribution is 6.08. The van der Waals surface area contributed by atoms with Crippen LogP contribution in [0.15, 0.2) is 90.8 Å². The highest BCUT2D eigenvalue weighted by Gasteiger charge is 2.26. The Bertz CT molecular complexity index is 1670. The molecule has 1 amide bonds. The van der Waals surface area contributed by atoms with Gasteiger partial charge in [-0.1, -0.05) is 30.3 Å². The molecule has 8 heteroatoms. The number of pyridine rings is 1. The van der Waals surface area contributed by atoms with E-state index in [1.54, 1.807) is 54.9 Å². The molecule has 0 unspecified atom stereocenters. The van der Waals surface area contributed by atoms with E-state index in [-0.39, 0.29) is 23.9 Å². The molecule has 42 heavy (non-hydrogen) atoms. The van der Waals surface area contributed by atoms with Crippen LogP contribution < -0.4 is 19.5 Å². The van der Waals surface area contributed by atoms with Gasteiger partial charge in [0.2, 0.25) is 11.7 Å². The highest BCUT2D eigenvalue weighted by Crippen LogP contribution is 2.45. The standard InChI is InChI=1S/C34H29FN2O5/c1-21-27(14-23-15-30(40-2)33(31(16-23)41-3)42-34(39)24-9-5-4-6-10-24)26-12-11-25(35)17-29(26)28(21)18-32(38)37-20-22-8-7-13-36-19-22/h4-17,19H,18,20H2,1-3H3,(H,37,38)/b27-14-. The van der Waals surface area contributed by atoms with Crippen molar-refractivity contribution in [2.45, 2.75) is 19.9 Å². The first kappa shape index (κ1) is 28.3. The van der Waals surface area contributed by atoms with Crippen LogP contribution in [0.5, 0.6) is 17.2 Å². The van der Waals surface area contributed by atoms with Crippen molar-refractivity contribution in [1.82, 2.24) is 10.3 Å². The molecule has 1 N–H and O–H groups in total. The van der Waals surface area contributed by atoms with Gasteiger partial charge in [0, 0.05) is 18.9 Å². The molecule has 0 spiro atoms.